The van der Waals surface area contributed by atoms with Gasteiger partial charge in [-0.2, -0.15) is 0 Å². The number of phenolic OH excluding ortho intramolecular Hbond substituents is 1. The molecule has 3 aliphatic rings. The minimum atomic E-state index is -0.590. The van der Waals surface area contributed by atoms with E-state index in [1.807, 2.05) is 30.3 Å². The van der Waals surface area contributed by atoms with Crippen molar-refractivity contribution in [2.24, 2.45) is 0 Å². The molecule has 7 rings (SSSR count). The third kappa shape index (κ3) is 8.75. The van der Waals surface area contributed by atoms with E-state index in [1.165, 1.54) is 27.8 Å². The number of rotatable bonds is 14. The molecule has 1 unspecified atom stereocenters. The van der Waals surface area contributed by atoms with Crippen LogP contribution in [-0.4, -0.2) is 89.4 Å². The molecule has 9 heteroatoms. The van der Waals surface area contributed by atoms with Crippen LogP contribution in [0.5, 0.6) is 5.75 Å². The lowest BCUT2D eigenvalue weighted by molar-refractivity contribution is -0.136. The maximum atomic E-state index is 13.0. The first-order valence-corrected chi connectivity index (χ1v) is 19.5. The number of allylic oxidation sites excluding steroid dienone is 1. The van der Waals surface area contributed by atoms with E-state index < -0.39 is 6.04 Å². The first-order chi connectivity index (χ1) is 26.4. The second-order valence-electron chi connectivity index (χ2n) is 14.7. The molecule has 9 nitrogen and oxygen atoms in total. The summed E-state index contributed by atoms with van der Waals surface area (Å²) in [6.45, 7) is 9.94. The van der Waals surface area contributed by atoms with Crippen molar-refractivity contribution < 1.29 is 19.5 Å². The average molecular weight is 726 g/mol. The number of imide groups is 1. The van der Waals surface area contributed by atoms with Crippen molar-refractivity contribution in [3.63, 3.8) is 0 Å². The lowest BCUT2D eigenvalue weighted by Crippen LogP contribution is -2.52. The average Bonchev–Trinajstić information content (AvgIpc) is 3.52. The van der Waals surface area contributed by atoms with Crippen LogP contribution in [0.4, 0.5) is 5.69 Å². The van der Waals surface area contributed by atoms with Gasteiger partial charge in [-0.1, -0.05) is 73.7 Å². The molecular formula is C45H51N5O4. The molecule has 54 heavy (non-hydrogen) atoms. The molecule has 0 saturated carbocycles. The SMILES string of the molecule is CCC(=C(c1ccc(O)cc1)c1ccc(CCCN2CCN(CCCNc3ccc4c(c3)CN(C3CCC(=O)NC3=O)C4=O)CC2)cc1)c1ccccc1. The molecule has 3 heterocycles. The molecule has 4 aromatic rings. The number of phenols is 1. The predicted molar refractivity (Wildman–Crippen MR) is 214 cm³/mol. The number of nitrogens with one attached hydrogen (secondary N) is 2. The van der Waals surface area contributed by atoms with Gasteiger partial charge in [-0.15, -0.1) is 0 Å². The molecule has 1 atom stereocenters. The molecule has 2 saturated heterocycles. The minimum Gasteiger partial charge on any atom is -0.508 e. The van der Waals surface area contributed by atoms with Crippen molar-refractivity contribution >= 4 is 34.6 Å². The van der Waals surface area contributed by atoms with Gasteiger partial charge >= 0.3 is 0 Å². The van der Waals surface area contributed by atoms with E-state index in [1.54, 1.807) is 17.0 Å². The zero-order chi connectivity index (χ0) is 37.4. The highest BCUT2D eigenvalue weighted by Gasteiger charge is 2.39. The van der Waals surface area contributed by atoms with Gasteiger partial charge in [-0.3, -0.25) is 19.7 Å². The van der Waals surface area contributed by atoms with E-state index in [-0.39, 0.29) is 29.9 Å². The number of carbonyl (C=O) groups excluding carboxylic acids is 3. The van der Waals surface area contributed by atoms with Gasteiger partial charge in [0.1, 0.15) is 11.8 Å². The van der Waals surface area contributed by atoms with Crippen LogP contribution >= 0.6 is 0 Å². The van der Waals surface area contributed by atoms with E-state index in [4.69, 9.17) is 0 Å². The number of hydrogen-bond acceptors (Lipinski definition) is 7. The lowest BCUT2D eigenvalue weighted by Gasteiger charge is -2.34. The van der Waals surface area contributed by atoms with Crippen LogP contribution in [0.1, 0.15) is 77.2 Å². The Bertz CT molecular complexity index is 1970. The third-order valence-corrected chi connectivity index (χ3v) is 11.1. The van der Waals surface area contributed by atoms with Gasteiger partial charge in [0.2, 0.25) is 11.8 Å². The first-order valence-electron chi connectivity index (χ1n) is 19.5. The second kappa shape index (κ2) is 17.3. The fourth-order valence-corrected chi connectivity index (χ4v) is 8.11. The summed E-state index contributed by atoms with van der Waals surface area (Å²) in [5.41, 5.74) is 9.93. The summed E-state index contributed by atoms with van der Waals surface area (Å²) < 4.78 is 0. The summed E-state index contributed by atoms with van der Waals surface area (Å²) in [7, 11) is 0. The van der Waals surface area contributed by atoms with Gasteiger partial charge in [0.05, 0.1) is 0 Å². The van der Waals surface area contributed by atoms with Crippen molar-refractivity contribution in [1.82, 2.24) is 20.0 Å². The molecule has 2 fully saturated rings. The van der Waals surface area contributed by atoms with Gasteiger partial charge in [0, 0.05) is 56.9 Å². The molecule has 3 aliphatic heterocycles. The third-order valence-electron chi connectivity index (χ3n) is 11.1. The Labute approximate surface area is 318 Å². The fraction of sp³-hybridized carbons (Fsp3) is 0.356. The van der Waals surface area contributed by atoms with Crippen LogP contribution in [0, 0.1) is 0 Å². The number of aryl methyl sites for hydroxylation is 1. The Morgan fingerprint density at radius 1 is 0.796 bits per heavy atom. The quantitative estimate of drug-likeness (QED) is 0.0768. The smallest absolute Gasteiger partial charge is 0.255 e. The van der Waals surface area contributed by atoms with E-state index >= 15 is 0 Å². The molecule has 3 amide bonds. The van der Waals surface area contributed by atoms with Gasteiger partial charge in [0.15, 0.2) is 0 Å². The summed E-state index contributed by atoms with van der Waals surface area (Å²) in [6, 6.07) is 32.4. The van der Waals surface area contributed by atoms with Gasteiger partial charge in [0.25, 0.3) is 5.91 Å². The molecule has 4 aromatic carbocycles. The largest absolute Gasteiger partial charge is 0.508 e. The number of piperazine rings is 1. The number of anilines is 1. The monoisotopic (exact) mass is 725 g/mol. The highest BCUT2D eigenvalue weighted by molar-refractivity contribution is 6.05. The van der Waals surface area contributed by atoms with Crippen LogP contribution in [0.25, 0.3) is 11.1 Å². The molecule has 3 N–H and O–H groups in total. The topological polar surface area (TPSA) is 105 Å². The summed E-state index contributed by atoms with van der Waals surface area (Å²) in [6.07, 6.45) is 4.75. The van der Waals surface area contributed by atoms with Crippen LogP contribution in [0.3, 0.4) is 0 Å². The van der Waals surface area contributed by atoms with Crippen molar-refractivity contribution in [2.75, 3.05) is 51.1 Å². The Kier molecular flexibility index (Phi) is 11.9. The zero-order valence-electron chi connectivity index (χ0n) is 31.2. The summed E-state index contributed by atoms with van der Waals surface area (Å²) >= 11 is 0. The number of piperidine rings is 1. The Hall–Kier alpha value is -5.25. The second-order valence-corrected chi connectivity index (χ2v) is 14.7. The van der Waals surface area contributed by atoms with Crippen molar-refractivity contribution in [1.29, 1.82) is 0 Å². The Balaban J connectivity index is 0.835. The van der Waals surface area contributed by atoms with Gasteiger partial charge < -0.3 is 25.1 Å². The molecule has 0 spiro atoms. The fourth-order valence-electron chi connectivity index (χ4n) is 8.11. The van der Waals surface area contributed by atoms with E-state index in [9.17, 15) is 19.5 Å². The van der Waals surface area contributed by atoms with Crippen LogP contribution in [0.2, 0.25) is 0 Å². The summed E-state index contributed by atoms with van der Waals surface area (Å²) in [4.78, 5) is 43.6. The van der Waals surface area contributed by atoms with Crippen LogP contribution in [0.15, 0.2) is 97.1 Å². The summed E-state index contributed by atoms with van der Waals surface area (Å²) in [5, 5.41) is 15.8. The number of benzene rings is 4. The molecule has 0 radical (unpaired) electrons. The first kappa shape index (κ1) is 37.1. The highest BCUT2D eigenvalue weighted by atomic mass is 16.3. The van der Waals surface area contributed by atoms with E-state index in [2.05, 4.69) is 82.0 Å². The molecule has 0 bridgehead atoms. The molecule has 0 aliphatic carbocycles. The number of nitrogens with zero attached hydrogens (tertiary/aromatic N) is 3. The minimum absolute atomic E-state index is 0.140. The number of hydrogen-bond donors (Lipinski definition) is 3. The number of amides is 3. The normalized spacial score (nSPS) is 18.4. The van der Waals surface area contributed by atoms with Gasteiger partial charge in [-0.25, -0.2) is 0 Å². The maximum Gasteiger partial charge on any atom is 0.255 e. The van der Waals surface area contributed by atoms with Crippen LogP contribution < -0.4 is 10.6 Å². The molecular weight excluding hydrogens is 675 g/mol. The molecule has 280 valence electrons. The Morgan fingerprint density at radius 3 is 2.13 bits per heavy atom. The standard InChI is InChI=1S/C45H51N5O4/c1-2-39(33-9-4-3-5-10-33)43(35-15-18-38(51)19-16-35)34-13-11-32(12-14-34)8-6-24-48-26-28-49(29-27-48)25-7-23-46-37-17-20-40-36(30-37)31-50(45(40)54)41-21-22-42(52)47-44(41)53/h3-5,9-20,30,41,46,51H,2,6-8,21-29,31H2,1H3,(H,47,52,53). The number of carbonyl (C=O) groups is 3. The highest BCUT2D eigenvalue weighted by Crippen LogP contribution is 2.35. The number of fused-ring (bicyclic) bond motifs is 1. The summed E-state index contributed by atoms with van der Waals surface area (Å²) in [5.74, 6) is -0.520. The predicted octanol–water partition coefficient (Wildman–Crippen LogP) is 6.57. The maximum absolute atomic E-state index is 13.0. The lowest BCUT2D eigenvalue weighted by atomic mass is 9.87. The Morgan fingerprint density at radius 2 is 1.46 bits per heavy atom. The van der Waals surface area contributed by atoms with E-state index in [0.29, 0.717) is 18.5 Å². The van der Waals surface area contributed by atoms with E-state index in [0.717, 1.165) is 88.3 Å². The number of aromatic hydroxyl groups is 1. The van der Waals surface area contributed by atoms with Crippen LogP contribution in [-0.2, 0) is 22.6 Å². The van der Waals surface area contributed by atoms with Crippen molar-refractivity contribution in [3.05, 3.63) is 130 Å². The van der Waals surface area contributed by atoms with Crippen molar-refractivity contribution in [3.8, 4) is 5.75 Å². The zero-order valence-corrected chi connectivity index (χ0v) is 31.2. The van der Waals surface area contributed by atoms with Crippen molar-refractivity contribution in [2.45, 2.75) is 58.0 Å². The van der Waals surface area contributed by atoms with Gasteiger partial charge in [-0.05, 0) is 114 Å². The molecule has 0 aromatic heterocycles.